The first-order valence-electron chi connectivity index (χ1n) is 7.24. The van der Waals surface area contributed by atoms with Crippen molar-refractivity contribution in [2.45, 2.75) is 44.6 Å². The molecular weight excluding hydrogens is 257 g/mol. The number of rotatable bonds is 4. The summed E-state index contributed by atoms with van der Waals surface area (Å²) in [5.74, 6) is -0.0545. The molecule has 1 aromatic rings. The number of aliphatic hydroxyl groups is 1. The first kappa shape index (κ1) is 15.3. The molecule has 1 atom stereocenters. The maximum Gasteiger partial charge on any atom is 0.133 e. The van der Waals surface area contributed by atoms with Gasteiger partial charge in [-0.15, -0.1) is 0 Å². The standard InChI is InChI=1S/C16H24FNO2/c1-15(19,16(11-18)9-4-3-5-10-16)14-12(17)7-6-8-13(14)20-2/h6-8,19H,3-5,9-11,18H2,1-2H3. The van der Waals surface area contributed by atoms with Crippen molar-refractivity contribution in [2.24, 2.45) is 11.1 Å². The number of nitrogens with two attached hydrogens (primary N) is 1. The summed E-state index contributed by atoms with van der Waals surface area (Å²) < 4.78 is 19.6. The zero-order valence-electron chi connectivity index (χ0n) is 12.3. The van der Waals surface area contributed by atoms with Crippen LogP contribution in [0.3, 0.4) is 0 Å². The van der Waals surface area contributed by atoms with Gasteiger partial charge >= 0.3 is 0 Å². The van der Waals surface area contributed by atoms with Crippen molar-refractivity contribution in [2.75, 3.05) is 13.7 Å². The Balaban J connectivity index is 2.53. The van der Waals surface area contributed by atoms with E-state index >= 15 is 0 Å². The summed E-state index contributed by atoms with van der Waals surface area (Å²) in [7, 11) is 1.49. The topological polar surface area (TPSA) is 55.5 Å². The van der Waals surface area contributed by atoms with Crippen LogP contribution in [0.2, 0.25) is 0 Å². The zero-order valence-corrected chi connectivity index (χ0v) is 12.3. The molecule has 0 aromatic heterocycles. The highest BCUT2D eigenvalue weighted by Gasteiger charge is 2.50. The van der Waals surface area contributed by atoms with Crippen LogP contribution in [0.25, 0.3) is 0 Å². The number of halogens is 1. The molecule has 0 aliphatic heterocycles. The minimum atomic E-state index is -1.33. The van der Waals surface area contributed by atoms with Crippen LogP contribution in [-0.2, 0) is 5.60 Å². The molecule has 0 amide bonds. The third-order valence-electron chi connectivity index (χ3n) is 4.92. The Morgan fingerprint density at radius 2 is 2.00 bits per heavy atom. The number of hydrogen-bond donors (Lipinski definition) is 2. The van der Waals surface area contributed by atoms with Gasteiger partial charge < -0.3 is 15.6 Å². The maximum atomic E-state index is 14.3. The highest BCUT2D eigenvalue weighted by molar-refractivity contribution is 5.40. The van der Waals surface area contributed by atoms with E-state index in [-0.39, 0.29) is 5.56 Å². The molecule has 20 heavy (non-hydrogen) atoms. The lowest BCUT2D eigenvalue weighted by molar-refractivity contribution is -0.0951. The van der Waals surface area contributed by atoms with Gasteiger partial charge in [-0.05, 0) is 31.9 Å². The van der Waals surface area contributed by atoms with Crippen molar-refractivity contribution in [3.63, 3.8) is 0 Å². The zero-order chi connectivity index (χ0) is 14.8. The third-order valence-corrected chi connectivity index (χ3v) is 4.92. The van der Waals surface area contributed by atoms with E-state index in [1.54, 1.807) is 19.1 Å². The SMILES string of the molecule is COc1cccc(F)c1C(C)(O)C1(CN)CCCCC1. The molecule has 3 N–H and O–H groups in total. The largest absolute Gasteiger partial charge is 0.496 e. The van der Waals surface area contributed by atoms with Gasteiger partial charge in [-0.3, -0.25) is 0 Å². The van der Waals surface area contributed by atoms with Crippen LogP contribution < -0.4 is 10.5 Å². The quantitative estimate of drug-likeness (QED) is 0.892. The van der Waals surface area contributed by atoms with Gasteiger partial charge in [0.1, 0.15) is 17.2 Å². The van der Waals surface area contributed by atoms with E-state index in [9.17, 15) is 9.50 Å². The Labute approximate surface area is 119 Å². The molecule has 1 fully saturated rings. The minimum Gasteiger partial charge on any atom is -0.496 e. The second-order valence-corrected chi connectivity index (χ2v) is 5.93. The normalized spacial score (nSPS) is 21.2. The van der Waals surface area contributed by atoms with Gasteiger partial charge in [0.2, 0.25) is 0 Å². The molecule has 1 aromatic carbocycles. The monoisotopic (exact) mass is 281 g/mol. The highest BCUT2D eigenvalue weighted by Crippen LogP contribution is 2.51. The van der Waals surface area contributed by atoms with Crippen LogP contribution in [0.1, 0.15) is 44.6 Å². The summed E-state index contributed by atoms with van der Waals surface area (Å²) in [6, 6.07) is 4.63. The van der Waals surface area contributed by atoms with E-state index in [1.165, 1.54) is 13.2 Å². The van der Waals surface area contributed by atoms with Crippen molar-refractivity contribution in [3.05, 3.63) is 29.6 Å². The number of benzene rings is 1. The molecule has 3 nitrogen and oxygen atoms in total. The summed E-state index contributed by atoms with van der Waals surface area (Å²) in [6.45, 7) is 2.02. The highest BCUT2D eigenvalue weighted by atomic mass is 19.1. The van der Waals surface area contributed by atoms with E-state index < -0.39 is 16.8 Å². The molecule has 1 unspecified atom stereocenters. The summed E-state index contributed by atoms with van der Waals surface area (Å²) in [6.07, 6.45) is 4.81. The van der Waals surface area contributed by atoms with Gasteiger partial charge in [0, 0.05) is 12.0 Å². The number of methoxy groups -OCH3 is 1. The lowest BCUT2D eigenvalue weighted by atomic mass is 9.61. The molecule has 1 aliphatic rings. The lowest BCUT2D eigenvalue weighted by Crippen LogP contribution is -2.50. The van der Waals surface area contributed by atoms with E-state index in [0.717, 1.165) is 32.1 Å². The van der Waals surface area contributed by atoms with E-state index in [2.05, 4.69) is 0 Å². The van der Waals surface area contributed by atoms with Gasteiger partial charge in [0.25, 0.3) is 0 Å². The molecule has 2 rings (SSSR count). The van der Waals surface area contributed by atoms with E-state index in [0.29, 0.717) is 12.3 Å². The summed E-state index contributed by atoms with van der Waals surface area (Å²) in [4.78, 5) is 0. The second kappa shape index (κ2) is 5.70. The van der Waals surface area contributed by atoms with Crippen LogP contribution >= 0.6 is 0 Å². The van der Waals surface area contributed by atoms with Crippen LogP contribution in [0.4, 0.5) is 4.39 Å². The molecule has 1 aliphatic carbocycles. The Hall–Kier alpha value is -1.13. The molecule has 4 heteroatoms. The molecule has 0 spiro atoms. The van der Waals surface area contributed by atoms with Crippen LogP contribution in [0.5, 0.6) is 5.75 Å². The summed E-state index contributed by atoms with van der Waals surface area (Å²) in [5, 5.41) is 11.2. The van der Waals surface area contributed by atoms with E-state index in [1.807, 2.05) is 0 Å². The molecule has 1 saturated carbocycles. The second-order valence-electron chi connectivity index (χ2n) is 5.93. The molecular formula is C16H24FNO2. The fourth-order valence-electron chi connectivity index (χ4n) is 3.53. The van der Waals surface area contributed by atoms with Crippen molar-refractivity contribution in [1.29, 1.82) is 0 Å². The van der Waals surface area contributed by atoms with Gasteiger partial charge in [-0.25, -0.2) is 4.39 Å². The Kier molecular flexibility index (Phi) is 4.35. The average molecular weight is 281 g/mol. The van der Waals surface area contributed by atoms with Crippen LogP contribution in [0.15, 0.2) is 18.2 Å². The van der Waals surface area contributed by atoms with Crippen molar-refractivity contribution in [1.82, 2.24) is 0 Å². The number of hydrogen-bond acceptors (Lipinski definition) is 3. The van der Waals surface area contributed by atoms with Gasteiger partial charge in [0.05, 0.1) is 12.7 Å². The van der Waals surface area contributed by atoms with Crippen molar-refractivity contribution >= 4 is 0 Å². The summed E-state index contributed by atoms with van der Waals surface area (Å²) >= 11 is 0. The van der Waals surface area contributed by atoms with Crippen LogP contribution in [0, 0.1) is 11.2 Å². The average Bonchev–Trinajstić information content (AvgIpc) is 2.47. The maximum absolute atomic E-state index is 14.3. The fraction of sp³-hybridized carbons (Fsp3) is 0.625. The smallest absolute Gasteiger partial charge is 0.133 e. The lowest BCUT2D eigenvalue weighted by Gasteiger charge is -2.48. The fourth-order valence-corrected chi connectivity index (χ4v) is 3.53. The van der Waals surface area contributed by atoms with E-state index in [4.69, 9.17) is 10.5 Å². The van der Waals surface area contributed by atoms with Gasteiger partial charge in [0.15, 0.2) is 0 Å². The molecule has 0 heterocycles. The Bertz CT molecular complexity index is 468. The number of ether oxygens (including phenoxy) is 1. The predicted molar refractivity (Wildman–Crippen MR) is 77.1 cm³/mol. The Morgan fingerprint density at radius 1 is 1.35 bits per heavy atom. The van der Waals surface area contributed by atoms with Gasteiger partial charge in [-0.1, -0.05) is 25.3 Å². The predicted octanol–water partition coefficient (Wildman–Crippen LogP) is 2.95. The van der Waals surface area contributed by atoms with Crippen molar-refractivity contribution in [3.8, 4) is 5.75 Å². The third kappa shape index (κ3) is 2.31. The molecule has 0 radical (unpaired) electrons. The Morgan fingerprint density at radius 3 is 2.55 bits per heavy atom. The minimum absolute atomic E-state index is 0.231. The van der Waals surface area contributed by atoms with Gasteiger partial charge in [-0.2, -0.15) is 0 Å². The first-order valence-corrected chi connectivity index (χ1v) is 7.24. The van der Waals surface area contributed by atoms with Crippen molar-refractivity contribution < 1.29 is 14.2 Å². The first-order chi connectivity index (χ1) is 9.48. The summed E-state index contributed by atoms with van der Waals surface area (Å²) in [5.41, 5.74) is 4.39. The van der Waals surface area contributed by atoms with Crippen LogP contribution in [-0.4, -0.2) is 18.8 Å². The molecule has 112 valence electrons. The molecule has 0 bridgehead atoms. The molecule has 0 saturated heterocycles.